The van der Waals surface area contributed by atoms with Gasteiger partial charge in [-0.15, -0.1) is 0 Å². The first kappa shape index (κ1) is 11.5. The van der Waals surface area contributed by atoms with E-state index in [9.17, 15) is 4.79 Å². The molecule has 1 N–H and O–H groups in total. The van der Waals surface area contributed by atoms with Gasteiger partial charge in [-0.3, -0.25) is 4.90 Å². The molecule has 0 aromatic carbocycles. The lowest BCUT2D eigenvalue weighted by Gasteiger charge is -2.31. The van der Waals surface area contributed by atoms with E-state index < -0.39 is 5.97 Å². The second-order valence-corrected chi connectivity index (χ2v) is 5.03. The number of carbonyl (C=O) groups is 1. The van der Waals surface area contributed by atoms with Gasteiger partial charge in [0.2, 0.25) is 0 Å². The predicted molar refractivity (Wildman–Crippen MR) is 60.7 cm³/mol. The molecule has 0 bridgehead atoms. The molecule has 0 spiro atoms. The molecule has 1 unspecified atom stereocenters. The molecule has 1 fully saturated rings. The molecule has 0 amide bonds. The Hall–Kier alpha value is -1.01. The molecular formula is C10H14N2O3S. The second kappa shape index (κ2) is 4.88. The van der Waals surface area contributed by atoms with Crippen LogP contribution in [0.3, 0.4) is 0 Å². The highest BCUT2D eigenvalue weighted by Crippen LogP contribution is 2.18. The van der Waals surface area contributed by atoms with Gasteiger partial charge in [-0.1, -0.05) is 5.16 Å². The fourth-order valence-electron chi connectivity index (χ4n) is 1.68. The molecular weight excluding hydrogens is 228 g/mol. The highest BCUT2D eigenvalue weighted by molar-refractivity contribution is 7.99. The van der Waals surface area contributed by atoms with Crippen LogP contribution in [0.25, 0.3) is 0 Å². The lowest BCUT2D eigenvalue weighted by atomic mass is 10.2. The highest BCUT2D eigenvalue weighted by Gasteiger charge is 2.21. The quantitative estimate of drug-likeness (QED) is 0.862. The van der Waals surface area contributed by atoms with Crippen molar-refractivity contribution >= 4 is 17.7 Å². The van der Waals surface area contributed by atoms with Crippen LogP contribution >= 0.6 is 11.8 Å². The van der Waals surface area contributed by atoms with Crippen LogP contribution in [0.2, 0.25) is 0 Å². The fourth-order valence-corrected chi connectivity index (χ4v) is 2.77. The first-order valence-electron chi connectivity index (χ1n) is 5.17. The van der Waals surface area contributed by atoms with Gasteiger partial charge in [-0.25, -0.2) is 4.79 Å². The average molecular weight is 242 g/mol. The summed E-state index contributed by atoms with van der Waals surface area (Å²) in [6, 6.07) is 1.99. The Balaban J connectivity index is 1.99. The summed E-state index contributed by atoms with van der Waals surface area (Å²) in [7, 11) is 0. The minimum absolute atomic E-state index is 0.0194. The number of carboxylic acids is 1. The number of nitrogens with zero attached hydrogens (tertiary/aromatic N) is 2. The van der Waals surface area contributed by atoms with Gasteiger partial charge >= 0.3 is 5.97 Å². The molecule has 1 saturated heterocycles. The minimum atomic E-state index is -1.04. The lowest BCUT2D eigenvalue weighted by Crippen LogP contribution is -2.39. The highest BCUT2D eigenvalue weighted by atomic mass is 32.2. The third-order valence-electron chi connectivity index (χ3n) is 2.64. The predicted octanol–water partition coefficient (Wildman–Crippen LogP) is 1.31. The Morgan fingerprint density at radius 2 is 2.62 bits per heavy atom. The van der Waals surface area contributed by atoms with E-state index in [1.54, 1.807) is 0 Å². The van der Waals surface area contributed by atoms with Gasteiger partial charge in [0.1, 0.15) is 0 Å². The van der Waals surface area contributed by atoms with Gasteiger partial charge in [0.25, 0.3) is 0 Å². The zero-order valence-corrected chi connectivity index (χ0v) is 9.87. The van der Waals surface area contributed by atoms with Crippen molar-refractivity contribution in [3.8, 4) is 0 Å². The molecule has 16 heavy (non-hydrogen) atoms. The standard InChI is InChI=1S/C10H14N2O3S/c1-7-6-16-3-2-12(7)5-8-4-9(10(13)14)11-15-8/h4,7H,2-3,5-6H2,1H3,(H,13,14). The Morgan fingerprint density at radius 1 is 1.81 bits per heavy atom. The third kappa shape index (κ3) is 2.56. The molecule has 2 heterocycles. The molecule has 1 aliphatic heterocycles. The van der Waals surface area contributed by atoms with E-state index in [4.69, 9.17) is 9.63 Å². The van der Waals surface area contributed by atoms with E-state index in [2.05, 4.69) is 17.0 Å². The van der Waals surface area contributed by atoms with E-state index in [0.717, 1.165) is 18.1 Å². The summed E-state index contributed by atoms with van der Waals surface area (Å²) < 4.78 is 5.00. The minimum Gasteiger partial charge on any atom is -0.476 e. The van der Waals surface area contributed by atoms with E-state index in [1.165, 1.54) is 6.07 Å². The van der Waals surface area contributed by atoms with Crippen LogP contribution in [0.1, 0.15) is 23.2 Å². The fraction of sp³-hybridized carbons (Fsp3) is 0.600. The molecule has 2 rings (SSSR count). The van der Waals surface area contributed by atoms with Crippen LogP contribution in [-0.4, -0.2) is 45.2 Å². The summed E-state index contributed by atoms with van der Waals surface area (Å²) in [6.45, 7) is 3.82. The smallest absolute Gasteiger partial charge is 0.358 e. The zero-order valence-electron chi connectivity index (χ0n) is 9.05. The van der Waals surface area contributed by atoms with Gasteiger partial charge in [0.05, 0.1) is 6.54 Å². The summed E-state index contributed by atoms with van der Waals surface area (Å²) >= 11 is 1.95. The Kier molecular flexibility index (Phi) is 3.50. The first-order valence-corrected chi connectivity index (χ1v) is 6.33. The summed E-state index contributed by atoms with van der Waals surface area (Å²) in [6.07, 6.45) is 0. The Morgan fingerprint density at radius 3 is 3.25 bits per heavy atom. The SMILES string of the molecule is CC1CSCCN1Cc1cc(C(=O)O)no1. The number of hydrogen-bond donors (Lipinski definition) is 1. The van der Waals surface area contributed by atoms with Crippen molar-refractivity contribution < 1.29 is 14.4 Å². The van der Waals surface area contributed by atoms with Crippen molar-refractivity contribution in [3.63, 3.8) is 0 Å². The molecule has 0 radical (unpaired) electrons. The van der Waals surface area contributed by atoms with Crippen molar-refractivity contribution in [3.05, 3.63) is 17.5 Å². The van der Waals surface area contributed by atoms with Gasteiger partial charge < -0.3 is 9.63 Å². The molecule has 0 saturated carbocycles. The van der Waals surface area contributed by atoms with Crippen molar-refractivity contribution in [2.75, 3.05) is 18.1 Å². The molecule has 1 atom stereocenters. The summed E-state index contributed by atoms with van der Waals surface area (Å²) in [4.78, 5) is 12.9. The van der Waals surface area contributed by atoms with E-state index in [-0.39, 0.29) is 5.69 Å². The van der Waals surface area contributed by atoms with Crippen LogP contribution < -0.4 is 0 Å². The molecule has 1 aromatic rings. The van der Waals surface area contributed by atoms with Crippen molar-refractivity contribution in [2.24, 2.45) is 0 Å². The van der Waals surface area contributed by atoms with Crippen molar-refractivity contribution in [2.45, 2.75) is 19.5 Å². The number of rotatable bonds is 3. The number of hydrogen-bond acceptors (Lipinski definition) is 5. The molecule has 1 aliphatic rings. The lowest BCUT2D eigenvalue weighted by molar-refractivity contribution is 0.0685. The number of thioether (sulfide) groups is 1. The second-order valence-electron chi connectivity index (χ2n) is 3.88. The Bertz CT molecular complexity index is 380. The van der Waals surface area contributed by atoms with Gasteiger partial charge in [0, 0.05) is 30.2 Å². The van der Waals surface area contributed by atoms with E-state index in [1.807, 2.05) is 11.8 Å². The molecule has 6 heteroatoms. The topological polar surface area (TPSA) is 66.6 Å². The van der Waals surface area contributed by atoms with Gasteiger partial charge in [-0.2, -0.15) is 11.8 Å². The summed E-state index contributed by atoms with van der Waals surface area (Å²) in [5, 5.41) is 12.2. The maximum atomic E-state index is 10.6. The molecule has 1 aromatic heterocycles. The van der Waals surface area contributed by atoms with Crippen LogP contribution in [-0.2, 0) is 6.54 Å². The number of aromatic carboxylic acids is 1. The van der Waals surface area contributed by atoms with E-state index in [0.29, 0.717) is 18.3 Å². The average Bonchev–Trinajstić information content (AvgIpc) is 2.70. The largest absolute Gasteiger partial charge is 0.476 e. The molecule has 88 valence electrons. The molecule has 5 nitrogen and oxygen atoms in total. The Labute approximate surface area is 97.8 Å². The summed E-state index contributed by atoms with van der Waals surface area (Å²) in [5.41, 5.74) is -0.0194. The van der Waals surface area contributed by atoms with Crippen LogP contribution in [0.5, 0.6) is 0 Å². The maximum Gasteiger partial charge on any atom is 0.358 e. The van der Waals surface area contributed by atoms with Gasteiger partial charge in [0.15, 0.2) is 11.5 Å². The zero-order chi connectivity index (χ0) is 11.5. The van der Waals surface area contributed by atoms with Crippen molar-refractivity contribution in [1.29, 1.82) is 0 Å². The van der Waals surface area contributed by atoms with Crippen molar-refractivity contribution in [1.82, 2.24) is 10.1 Å². The van der Waals surface area contributed by atoms with E-state index >= 15 is 0 Å². The normalized spacial score (nSPS) is 22.2. The van der Waals surface area contributed by atoms with Crippen LogP contribution in [0.15, 0.2) is 10.6 Å². The molecule has 0 aliphatic carbocycles. The van der Waals surface area contributed by atoms with Crippen LogP contribution in [0, 0.1) is 0 Å². The number of aromatic nitrogens is 1. The monoisotopic (exact) mass is 242 g/mol. The third-order valence-corrected chi connectivity index (χ3v) is 3.83. The van der Waals surface area contributed by atoms with Gasteiger partial charge in [-0.05, 0) is 6.92 Å². The van der Waals surface area contributed by atoms with Crippen LogP contribution in [0.4, 0.5) is 0 Å². The number of carboxylic acid groups (broad SMARTS) is 1. The summed E-state index contributed by atoms with van der Waals surface area (Å²) in [5.74, 6) is 1.80. The first-order chi connectivity index (χ1) is 7.66. The maximum absolute atomic E-state index is 10.6.